The quantitative estimate of drug-likeness (QED) is 0.471. The van der Waals surface area contributed by atoms with Gasteiger partial charge in [-0.3, -0.25) is 0 Å². The Balaban J connectivity index is 0. The van der Waals surface area contributed by atoms with Crippen molar-refractivity contribution in [2.24, 2.45) is 0 Å². The van der Waals surface area contributed by atoms with Crippen molar-refractivity contribution in [1.82, 2.24) is 0 Å². The van der Waals surface area contributed by atoms with Crippen LogP contribution in [0.5, 0.6) is 0 Å². The van der Waals surface area contributed by atoms with Gasteiger partial charge in [-0.15, -0.1) is 0 Å². The molecule has 0 aliphatic rings. The van der Waals surface area contributed by atoms with Gasteiger partial charge in [-0.25, -0.2) is 0 Å². The van der Waals surface area contributed by atoms with Crippen LogP contribution in [0.3, 0.4) is 0 Å². The summed E-state index contributed by atoms with van der Waals surface area (Å²) in [4.78, 5) is 0. The van der Waals surface area contributed by atoms with E-state index in [1.54, 1.807) is 0 Å². The van der Waals surface area contributed by atoms with Crippen LogP contribution in [0.4, 0.5) is 0 Å². The maximum absolute atomic E-state index is 0. The molecule has 0 heterocycles. The third kappa shape index (κ3) is 9.30. The molecule has 0 saturated carbocycles. The maximum Gasteiger partial charge on any atom is 0 e. The van der Waals surface area contributed by atoms with E-state index in [1.165, 1.54) is 0 Å². The second-order valence-electron chi connectivity index (χ2n) is 0. The molecule has 0 aliphatic heterocycles. The van der Waals surface area contributed by atoms with Crippen LogP contribution in [0.1, 0.15) is 0 Å². The molecule has 2 N–H and O–H groups in total. The van der Waals surface area contributed by atoms with Gasteiger partial charge in [-0.05, 0) is 0 Å². The molecular formula is H2CeLaNdO. The minimum atomic E-state index is 0. The van der Waals surface area contributed by atoms with Crippen LogP contribution in [0, 0.1) is 118 Å². The molecule has 1 radical (unpaired) electrons. The van der Waals surface area contributed by atoms with Crippen molar-refractivity contribution in [3.63, 3.8) is 0 Å². The predicted octanol–water partition coefficient (Wildman–Crippen LogP) is -0.825. The summed E-state index contributed by atoms with van der Waals surface area (Å²) in [6, 6.07) is 0. The zero-order valence-electron chi connectivity index (χ0n) is 2.08. The number of hydrogen-bond acceptors (Lipinski definition) is 0. The smallest absolute Gasteiger partial charge is 0 e. The van der Waals surface area contributed by atoms with Gasteiger partial charge in [0.1, 0.15) is 0 Å². The molecule has 1 nitrogen and oxygen atoms in total. The van der Waals surface area contributed by atoms with Gasteiger partial charge in [0.05, 0.1) is 0 Å². The fourth-order valence-electron chi connectivity index (χ4n) is 0. The Hall–Kier alpha value is 3.88. The van der Waals surface area contributed by atoms with E-state index in [9.17, 15) is 0 Å². The SMILES string of the molecule is O.[Ce].[La].[Nd]. The normalized spacial score (nSPS) is 0. The van der Waals surface area contributed by atoms with Crippen LogP contribution in [0.15, 0.2) is 0 Å². The second-order valence-corrected chi connectivity index (χ2v) is 0. The summed E-state index contributed by atoms with van der Waals surface area (Å²) in [6.07, 6.45) is 0. The van der Waals surface area contributed by atoms with E-state index in [1.807, 2.05) is 0 Å². The van der Waals surface area contributed by atoms with E-state index in [-0.39, 0.29) is 124 Å². The topological polar surface area (TPSA) is 31.5 Å². The van der Waals surface area contributed by atoms with Crippen molar-refractivity contribution in [3.05, 3.63) is 0 Å². The van der Waals surface area contributed by atoms with E-state index in [2.05, 4.69) is 0 Å². The average molecular weight is 441 g/mol. The van der Waals surface area contributed by atoms with Gasteiger partial charge in [0.2, 0.25) is 0 Å². The first-order chi connectivity index (χ1) is 0. The molecule has 0 bridgehead atoms. The molecule has 0 saturated heterocycles. The molecule has 0 aliphatic carbocycles. The standard InChI is InChI=1S/Ce.La.Nd.H2O/h;;;1H2. The van der Waals surface area contributed by atoms with Crippen molar-refractivity contribution in [2.75, 3.05) is 0 Å². The van der Waals surface area contributed by atoms with E-state index in [0.717, 1.165) is 0 Å². The zero-order chi connectivity index (χ0) is 0. The molecule has 19 valence electrons. The van der Waals surface area contributed by atoms with E-state index >= 15 is 0 Å². The predicted molar refractivity (Wildman–Crippen MR) is 3.61 cm³/mol. The molecule has 0 aromatic carbocycles. The van der Waals surface area contributed by atoms with Crippen LogP contribution in [-0.4, -0.2) is 5.48 Å². The van der Waals surface area contributed by atoms with E-state index in [4.69, 9.17) is 0 Å². The molecular weight excluding hydrogens is 439 g/mol. The van der Waals surface area contributed by atoms with Gasteiger partial charge >= 0.3 is 0 Å². The van der Waals surface area contributed by atoms with Crippen LogP contribution in [0.2, 0.25) is 0 Å². The van der Waals surface area contributed by atoms with Crippen LogP contribution < -0.4 is 0 Å². The van der Waals surface area contributed by atoms with Crippen molar-refractivity contribution in [1.29, 1.82) is 0 Å². The summed E-state index contributed by atoms with van der Waals surface area (Å²) in [6.45, 7) is 0. The van der Waals surface area contributed by atoms with Crippen molar-refractivity contribution in [3.8, 4) is 0 Å². The second kappa shape index (κ2) is 15.8. The van der Waals surface area contributed by atoms with Crippen molar-refractivity contribution < 1.29 is 124 Å². The Morgan fingerprint density at radius 2 is 1.00 bits per heavy atom. The molecule has 0 spiro atoms. The summed E-state index contributed by atoms with van der Waals surface area (Å²) in [5.41, 5.74) is 0. The third-order valence-electron chi connectivity index (χ3n) is 0. The van der Waals surface area contributed by atoms with Gasteiger partial charge in [-0.2, -0.15) is 0 Å². The Morgan fingerprint density at radius 3 is 1.00 bits per heavy atom. The van der Waals surface area contributed by atoms with Crippen LogP contribution in [0.25, 0.3) is 0 Å². The number of hydrogen-bond donors (Lipinski definition) is 0. The molecule has 0 fully saturated rings. The summed E-state index contributed by atoms with van der Waals surface area (Å²) >= 11 is 0. The summed E-state index contributed by atoms with van der Waals surface area (Å²) < 4.78 is 0. The Morgan fingerprint density at radius 1 is 1.00 bits per heavy atom. The van der Waals surface area contributed by atoms with Crippen LogP contribution >= 0.6 is 0 Å². The molecule has 4 heavy (non-hydrogen) atoms. The van der Waals surface area contributed by atoms with E-state index in [0.29, 0.717) is 0 Å². The Kier molecular flexibility index (Phi) is 97.8. The van der Waals surface area contributed by atoms with Gasteiger partial charge in [-0.1, -0.05) is 0 Å². The largest absolute Gasteiger partial charge is 0.412 e. The fourth-order valence-corrected chi connectivity index (χ4v) is 0. The third-order valence-corrected chi connectivity index (χ3v) is 0. The minimum absolute atomic E-state index is 0. The van der Waals surface area contributed by atoms with Crippen LogP contribution in [-0.2, 0) is 0 Å². The molecule has 0 amide bonds. The molecule has 4 heteroatoms. The number of rotatable bonds is 0. The minimum Gasteiger partial charge on any atom is -0.412 e. The van der Waals surface area contributed by atoms with E-state index < -0.39 is 0 Å². The molecule has 0 aromatic rings. The summed E-state index contributed by atoms with van der Waals surface area (Å²) in [5.74, 6) is 0. The molecule has 0 rings (SSSR count). The molecule has 0 aromatic heterocycles. The van der Waals surface area contributed by atoms with Gasteiger partial charge in [0.25, 0.3) is 0 Å². The first-order valence-electron chi connectivity index (χ1n) is 0. The summed E-state index contributed by atoms with van der Waals surface area (Å²) in [5, 5.41) is 0. The van der Waals surface area contributed by atoms with Gasteiger partial charge < -0.3 is 5.48 Å². The first kappa shape index (κ1) is 24.8. The Bertz CT molecular complexity index is 8.00. The molecule has 0 unspecified atom stereocenters. The van der Waals surface area contributed by atoms with Crippen molar-refractivity contribution >= 4 is 0 Å². The summed E-state index contributed by atoms with van der Waals surface area (Å²) in [7, 11) is 0. The Labute approximate surface area is 120 Å². The zero-order valence-corrected chi connectivity index (χ0v) is 12.1. The maximum atomic E-state index is 0. The average Bonchev–Trinajstić information content (AvgIpc) is 0. The van der Waals surface area contributed by atoms with Gasteiger partial charge in [0, 0.05) is 118 Å². The van der Waals surface area contributed by atoms with Gasteiger partial charge in [0.15, 0.2) is 0 Å². The molecule has 0 atom stereocenters. The van der Waals surface area contributed by atoms with Crippen molar-refractivity contribution in [2.45, 2.75) is 0 Å². The first-order valence-corrected chi connectivity index (χ1v) is 0. The fraction of sp³-hybridized carbons (Fsp3) is 0. The monoisotopic (exact) mass is 439 g/mol.